The van der Waals surface area contributed by atoms with E-state index in [1.807, 2.05) is 12.1 Å². The topological polar surface area (TPSA) is 59.0 Å². The SMILES string of the molecule is O=C(O)c1ccc(N2CCCC3(C2)OCCO3)cc1Br. The van der Waals surface area contributed by atoms with Crippen molar-refractivity contribution in [1.82, 2.24) is 0 Å². The Morgan fingerprint density at radius 2 is 2.10 bits per heavy atom. The van der Waals surface area contributed by atoms with E-state index in [-0.39, 0.29) is 5.56 Å². The number of anilines is 1. The summed E-state index contributed by atoms with van der Waals surface area (Å²) in [4.78, 5) is 13.2. The van der Waals surface area contributed by atoms with Crippen LogP contribution in [0.4, 0.5) is 5.69 Å². The molecule has 2 saturated heterocycles. The second-order valence-electron chi connectivity index (χ2n) is 5.10. The molecule has 1 N–H and O–H groups in total. The van der Waals surface area contributed by atoms with E-state index < -0.39 is 11.8 Å². The largest absolute Gasteiger partial charge is 0.478 e. The monoisotopic (exact) mass is 341 g/mol. The second-order valence-corrected chi connectivity index (χ2v) is 5.96. The molecule has 0 radical (unpaired) electrons. The van der Waals surface area contributed by atoms with Gasteiger partial charge in [-0.05, 0) is 40.5 Å². The van der Waals surface area contributed by atoms with Gasteiger partial charge in [-0.25, -0.2) is 4.79 Å². The fourth-order valence-corrected chi connectivity index (χ4v) is 3.35. The first kappa shape index (κ1) is 13.9. The van der Waals surface area contributed by atoms with Crippen LogP contribution < -0.4 is 4.90 Å². The molecule has 2 aliphatic heterocycles. The van der Waals surface area contributed by atoms with Gasteiger partial charge in [0.25, 0.3) is 0 Å². The molecule has 2 aliphatic rings. The third-order valence-corrected chi connectivity index (χ3v) is 4.44. The van der Waals surface area contributed by atoms with Gasteiger partial charge < -0.3 is 19.5 Å². The summed E-state index contributed by atoms with van der Waals surface area (Å²) in [6.07, 6.45) is 1.91. The Kier molecular flexibility index (Phi) is 3.70. The zero-order valence-electron chi connectivity index (χ0n) is 11.0. The first-order valence-corrected chi connectivity index (χ1v) is 7.45. The molecule has 1 aromatic rings. The average Bonchev–Trinajstić information content (AvgIpc) is 2.86. The van der Waals surface area contributed by atoms with Crippen LogP contribution in [0.5, 0.6) is 0 Å². The van der Waals surface area contributed by atoms with Crippen molar-refractivity contribution in [2.24, 2.45) is 0 Å². The molecular weight excluding hydrogens is 326 g/mol. The van der Waals surface area contributed by atoms with Crippen molar-refractivity contribution in [3.05, 3.63) is 28.2 Å². The van der Waals surface area contributed by atoms with E-state index in [9.17, 15) is 4.79 Å². The number of piperidine rings is 1. The molecule has 1 aromatic carbocycles. The molecule has 6 heteroatoms. The van der Waals surface area contributed by atoms with Gasteiger partial charge in [-0.2, -0.15) is 0 Å². The van der Waals surface area contributed by atoms with Gasteiger partial charge in [-0.3, -0.25) is 0 Å². The molecule has 5 nitrogen and oxygen atoms in total. The van der Waals surface area contributed by atoms with Crippen molar-refractivity contribution in [3.8, 4) is 0 Å². The lowest BCUT2D eigenvalue weighted by atomic mass is 10.0. The number of nitrogens with zero attached hydrogens (tertiary/aromatic N) is 1. The number of hydrogen-bond donors (Lipinski definition) is 1. The maximum absolute atomic E-state index is 11.0. The Balaban J connectivity index is 1.82. The van der Waals surface area contributed by atoms with E-state index in [4.69, 9.17) is 14.6 Å². The highest BCUT2D eigenvalue weighted by atomic mass is 79.9. The number of carboxylic acid groups (broad SMARTS) is 1. The van der Waals surface area contributed by atoms with Crippen molar-refractivity contribution in [2.75, 3.05) is 31.2 Å². The molecule has 20 heavy (non-hydrogen) atoms. The minimum absolute atomic E-state index is 0.272. The smallest absolute Gasteiger partial charge is 0.336 e. The molecule has 108 valence electrons. The zero-order chi connectivity index (χ0) is 14.2. The molecule has 2 fully saturated rings. The number of rotatable bonds is 2. The van der Waals surface area contributed by atoms with Crippen LogP contribution in [0.15, 0.2) is 22.7 Å². The van der Waals surface area contributed by atoms with Crippen LogP contribution in [-0.4, -0.2) is 43.2 Å². The van der Waals surface area contributed by atoms with Crippen LogP contribution in [0.25, 0.3) is 0 Å². The third-order valence-electron chi connectivity index (χ3n) is 3.78. The Labute approximate surface area is 125 Å². The van der Waals surface area contributed by atoms with E-state index in [0.29, 0.717) is 24.2 Å². The van der Waals surface area contributed by atoms with E-state index in [2.05, 4.69) is 20.8 Å². The molecular formula is C14H16BrNO4. The molecule has 0 aliphatic carbocycles. The highest BCUT2D eigenvalue weighted by Gasteiger charge is 2.40. The second kappa shape index (κ2) is 5.35. The van der Waals surface area contributed by atoms with Crippen LogP contribution in [-0.2, 0) is 9.47 Å². The molecule has 3 rings (SSSR count). The van der Waals surface area contributed by atoms with Crippen LogP contribution in [0.3, 0.4) is 0 Å². The summed E-state index contributed by atoms with van der Waals surface area (Å²) in [7, 11) is 0. The van der Waals surface area contributed by atoms with Crippen molar-refractivity contribution >= 4 is 27.6 Å². The van der Waals surface area contributed by atoms with Crippen LogP contribution in [0.2, 0.25) is 0 Å². The number of hydrogen-bond acceptors (Lipinski definition) is 4. The molecule has 0 bridgehead atoms. The first-order valence-electron chi connectivity index (χ1n) is 6.65. The summed E-state index contributed by atoms with van der Waals surface area (Å²) < 4.78 is 12.1. The number of carbonyl (C=O) groups is 1. The van der Waals surface area contributed by atoms with Crippen molar-refractivity contribution in [3.63, 3.8) is 0 Å². The summed E-state index contributed by atoms with van der Waals surface area (Å²) in [6.45, 7) is 2.91. The highest BCUT2D eigenvalue weighted by Crippen LogP contribution is 2.33. The number of halogens is 1. The molecule has 1 spiro atoms. The summed E-state index contributed by atoms with van der Waals surface area (Å²) in [6, 6.07) is 5.30. The number of carboxylic acids is 1. The normalized spacial score (nSPS) is 21.4. The maximum Gasteiger partial charge on any atom is 0.336 e. The predicted octanol–water partition coefficient (Wildman–Crippen LogP) is 2.49. The van der Waals surface area contributed by atoms with Gasteiger partial charge in [0, 0.05) is 23.1 Å². The van der Waals surface area contributed by atoms with Crippen LogP contribution in [0, 0.1) is 0 Å². The summed E-state index contributed by atoms with van der Waals surface area (Å²) in [5.41, 5.74) is 1.26. The molecule has 2 heterocycles. The van der Waals surface area contributed by atoms with Gasteiger partial charge in [0.1, 0.15) is 0 Å². The van der Waals surface area contributed by atoms with Crippen LogP contribution >= 0.6 is 15.9 Å². The Morgan fingerprint density at radius 3 is 2.75 bits per heavy atom. The van der Waals surface area contributed by atoms with Gasteiger partial charge in [-0.15, -0.1) is 0 Å². The molecule has 0 unspecified atom stereocenters. The zero-order valence-corrected chi connectivity index (χ0v) is 12.6. The quantitative estimate of drug-likeness (QED) is 0.895. The van der Waals surface area contributed by atoms with E-state index in [0.717, 1.165) is 25.1 Å². The maximum atomic E-state index is 11.0. The highest BCUT2D eigenvalue weighted by molar-refractivity contribution is 9.10. The summed E-state index contributed by atoms with van der Waals surface area (Å²) in [5.74, 6) is -1.41. The molecule has 0 aromatic heterocycles. The van der Waals surface area contributed by atoms with Crippen molar-refractivity contribution in [1.29, 1.82) is 0 Å². The Bertz CT molecular complexity index is 528. The number of ether oxygens (including phenoxy) is 2. The standard InChI is InChI=1S/C14H16BrNO4/c15-12-8-10(2-3-11(12)13(17)18)16-5-1-4-14(9-16)19-6-7-20-14/h2-3,8H,1,4-7,9H2,(H,17,18). The summed E-state index contributed by atoms with van der Waals surface area (Å²) in [5, 5.41) is 9.05. The van der Waals surface area contributed by atoms with E-state index >= 15 is 0 Å². The van der Waals surface area contributed by atoms with Gasteiger partial charge >= 0.3 is 5.97 Å². The van der Waals surface area contributed by atoms with Gasteiger partial charge in [0.2, 0.25) is 0 Å². The van der Waals surface area contributed by atoms with Gasteiger partial charge in [0.05, 0.1) is 25.3 Å². The average molecular weight is 342 g/mol. The lowest BCUT2D eigenvalue weighted by Crippen LogP contribution is -2.49. The fraction of sp³-hybridized carbons (Fsp3) is 0.500. The summed E-state index contributed by atoms with van der Waals surface area (Å²) >= 11 is 3.32. The Morgan fingerprint density at radius 1 is 1.35 bits per heavy atom. The van der Waals surface area contributed by atoms with Gasteiger partial charge in [-0.1, -0.05) is 0 Å². The number of aromatic carboxylic acids is 1. The number of benzene rings is 1. The lowest BCUT2D eigenvalue weighted by molar-refractivity contribution is -0.161. The van der Waals surface area contributed by atoms with E-state index in [1.54, 1.807) is 6.07 Å². The third kappa shape index (κ3) is 2.55. The van der Waals surface area contributed by atoms with Crippen molar-refractivity contribution in [2.45, 2.75) is 18.6 Å². The van der Waals surface area contributed by atoms with Crippen molar-refractivity contribution < 1.29 is 19.4 Å². The first-order chi connectivity index (χ1) is 9.60. The lowest BCUT2D eigenvalue weighted by Gasteiger charge is -2.39. The van der Waals surface area contributed by atoms with Crippen LogP contribution in [0.1, 0.15) is 23.2 Å². The predicted molar refractivity (Wildman–Crippen MR) is 77.2 cm³/mol. The molecule has 0 atom stereocenters. The van der Waals surface area contributed by atoms with Gasteiger partial charge in [0.15, 0.2) is 5.79 Å². The molecule has 0 saturated carbocycles. The molecule has 0 amide bonds. The fourth-order valence-electron chi connectivity index (χ4n) is 2.82. The minimum Gasteiger partial charge on any atom is -0.478 e. The van der Waals surface area contributed by atoms with E-state index in [1.165, 1.54) is 0 Å². The minimum atomic E-state index is -0.930. The Hall–Kier alpha value is -1.11.